The fourth-order valence-corrected chi connectivity index (χ4v) is 3.72. The van der Waals surface area contributed by atoms with Gasteiger partial charge >= 0.3 is 0 Å². The standard InChI is InChI=1S/C18H20F2N4O.C2H6/c1-11(25)23-8-6-15-14(10-23)18(22-21-15)24-7-2-3-12-4-5-13(17(19)20)9-16(12)24;1-2/h4-5,9,17H,2-3,6-8,10H2,1H3,(H,21,22);1-2H3. The summed E-state index contributed by atoms with van der Waals surface area (Å²) < 4.78 is 26.3. The fourth-order valence-electron chi connectivity index (χ4n) is 3.72. The highest BCUT2D eigenvalue weighted by molar-refractivity contribution is 5.75. The van der Waals surface area contributed by atoms with E-state index in [4.69, 9.17) is 0 Å². The van der Waals surface area contributed by atoms with Gasteiger partial charge in [-0.2, -0.15) is 5.10 Å². The Labute approximate surface area is 158 Å². The molecule has 0 unspecified atom stereocenters. The molecule has 146 valence electrons. The van der Waals surface area contributed by atoms with Crippen molar-refractivity contribution in [1.29, 1.82) is 0 Å². The molecule has 0 spiro atoms. The summed E-state index contributed by atoms with van der Waals surface area (Å²) >= 11 is 0. The second kappa shape index (κ2) is 8.06. The average Bonchev–Trinajstić information content (AvgIpc) is 3.11. The molecule has 4 rings (SSSR count). The molecule has 7 heteroatoms. The lowest BCUT2D eigenvalue weighted by Gasteiger charge is -2.32. The van der Waals surface area contributed by atoms with E-state index in [1.54, 1.807) is 24.0 Å². The maximum absolute atomic E-state index is 13.1. The fraction of sp³-hybridized carbons (Fsp3) is 0.500. The number of amides is 1. The summed E-state index contributed by atoms with van der Waals surface area (Å²) in [5.41, 5.74) is 3.92. The Balaban J connectivity index is 0.00000102. The molecule has 0 saturated carbocycles. The summed E-state index contributed by atoms with van der Waals surface area (Å²) in [5, 5.41) is 7.54. The minimum absolute atomic E-state index is 0.0282. The first-order valence-electron chi connectivity index (χ1n) is 9.54. The van der Waals surface area contributed by atoms with Gasteiger partial charge in [0.1, 0.15) is 0 Å². The van der Waals surface area contributed by atoms with Gasteiger partial charge in [-0.25, -0.2) is 8.78 Å². The largest absolute Gasteiger partial charge is 0.338 e. The van der Waals surface area contributed by atoms with Gasteiger partial charge in [0.15, 0.2) is 5.82 Å². The molecule has 0 atom stereocenters. The van der Waals surface area contributed by atoms with E-state index in [0.29, 0.717) is 13.1 Å². The minimum Gasteiger partial charge on any atom is -0.338 e. The van der Waals surface area contributed by atoms with Crippen LogP contribution in [-0.2, 0) is 24.2 Å². The Kier molecular flexibility index (Phi) is 5.77. The third-order valence-corrected chi connectivity index (χ3v) is 5.09. The van der Waals surface area contributed by atoms with Crippen molar-refractivity contribution < 1.29 is 13.6 Å². The maximum Gasteiger partial charge on any atom is 0.263 e. The van der Waals surface area contributed by atoms with E-state index in [-0.39, 0.29) is 11.5 Å². The van der Waals surface area contributed by atoms with Crippen LogP contribution in [0.1, 0.15) is 56.0 Å². The Bertz CT molecular complexity index is 818. The van der Waals surface area contributed by atoms with E-state index in [1.165, 1.54) is 6.07 Å². The molecule has 5 nitrogen and oxygen atoms in total. The molecule has 1 aromatic carbocycles. The lowest BCUT2D eigenvalue weighted by molar-refractivity contribution is -0.129. The highest BCUT2D eigenvalue weighted by Crippen LogP contribution is 2.38. The van der Waals surface area contributed by atoms with Crippen molar-refractivity contribution in [3.63, 3.8) is 0 Å². The molecule has 0 bridgehead atoms. The number of carbonyl (C=O) groups is 1. The normalized spacial score (nSPS) is 15.8. The number of hydrogen-bond donors (Lipinski definition) is 1. The van der Waals surface area contributed by atoms with Gasteiger partial charge < -0.3 is 9.80 Å². The molecule has 2 aliphatic rings. The monoisotopic (exact) mass is 376 g/mol. The molecule has 1 aromatic heterocycles. The van der Waals surface area contributed by atoms with Gasteiger partial charge in [0.25, 0.3) is 6.43 Å². The van der Waals surface area contributed by atoms with Crippen molar-refractivity contribution in [2.24, 2.45) is 0 Å². The summed E-state index contributed by atoms with van der Waals surface area (Å²) in [6, 6.07) is 4.88. The third kappa shape index (κ3) is 3.68. The smallest absolute Gasteiger partial charge is 0.263 e. The van der Waals surface area contributed by atoms with Gasteiger partial charge in [0, 0.05) is 48.9 Å². The lowest BCUT2D eigenvalue weighted by Crippen LogP contribution is -2.35. The van der Waals surface area contributed by atoms with Gasteiger partial charge in [-0.15, -0.1) is 0 Å². The number of aryl methyl sites for hydroxylation is 1. The van der Waals surface area contributed by atoms with Gasteiger partial charge in [-0.1, -0.05) is 26.0 Å². The van der Waals surface area contributed by atoms with Gasteiger partial charge in [-0.05, 0) is 24.5 Å². The SMILES string of the molecule is CC.CC(=O)N1CCc2[nH]nc(N3CCCc4ccc(C(F)F)cc43)c2C1. The van der Waals surface area contributed by atoms with Gasteiger partial charge in [0.05, 0.1) is 6.54 Å². The summed E-state index contributed by atoms with van der Waals surface area (Å²) in [5.74, 6) is 0.796. The van der Waals surface area contributed by atoms with Crippen molar-refractivity contribution >= 4 is 17.4 Å². The topological polar surface area (TPSA) is 52.2 Å². The van der Waals surface area contributed by atoms with E-state index in [0.717, 1.165) is 54.1 Å². The van der Waals surface area contributed by atoms with Crippen LogP contribution in [-0.4, -0.2) is 34.1 Å². The van der Waals surface area contributed by atoms with Gasteiger partial charge in [0.2, 0.25) is 5.91 Å². The first-order chi connectivity index (χ1) is 13.0. The van der Waals surface area contributed by atoms with E-state index in [9.17, 15) is 13.6 Å². The molecule has 3 heterocycles. The summed E-state index contributed by atoms with van der Waals surface area (Å²) in [7, 11) is 0. The number of benzene rings is 1. The predicted molar refractivity (Wildman–Crippen MR) is 101 cm³/mol. The van der Waals surface area contributed by atoms with E-state index in [1.807, 2.05) is 18.7 Å². The van der Waals surface area contributed by atoms with Crippen molar-refractivity contribution in [2.75, 3.05) is 18.0 Å². The molecule has 1 amide bonds. The Morgan fingerprint density at radius 2 is 2.00 bits per heavy atom. The van der Waals surface area contributed by atoms with Crippen LogP contribution in [0.3, 0.4) is 0 Å². The van der Waals surface area contributed by atoms with Crippen LogP contribution in [0, 0.1) is 0 Å². The van der Waals surface area contributed by atoms with Crippen LogP contribution in [0.4, 0.5) is 20.3 Å². The number of rotatable bonds is 2. The Morgan fingerprint density at radius 3 is 2.70 bits per heavy atom. The zero-order valence-electron chi connectivity index (χ0n) is 16.1. The molecular weight excluding hydrogens is 350 g/mol. The molecule has 0 saturated heterocycles. The molecule has 0 fully saturated rings. The van der Waals surface area contributed by atoms with Crippen molar-refractivity contribution in [2.45, 2.75) is 53.0 Å². The number of nitrogens with one attached hydrogen (secondary N) is 1. The molecule has 2 aromatic rings. The number of aromatic amines is 1. The van der Waals surface area contributed by atoms with Crippen molar-refractivity contribution in [3.8, 4) is 0 Å². The first-order valence-corrected chi connectivity index (χ1v) is 9.54. The number of nitrogens with zero attached hydrogens (tertiary/aromatic N) is 3. The molecule has 0 radical (unpaired) electrons. The Morgan fingerprint density at radius 1 is 1.22 bits per heavy atom. The number of alkyl halides is 2. The van der Waals surface area contributed by atoms with Gasteiger partial charge in [-0.3, -0.25) is 9.89 Å². The van der Waals surface area contributed by atoms with Crippen LogP contribution in [0.2, 0.25) is 0 Å². The average molecular weight is 376 g/mol. The molecule has 0 aliphatic carbocycles. The highest BCUT2D eigenvalue weighted by atomic mass is 19.3. The summed E-state index contributed by atoms with van der Waals surface area (Å²) in [6.45, 7) is 7.49. The van der Waals surface area contributed by atoms with E-state index < -0.39 is 6.43 Å². The van der Waals surface area contributed by atoms with Crippen LogP contribution in [0.5, 0.6) is 0 Å². The number of hydrogen-bond acceptors (Lipinski definition) is 3. The quantitative estimate of drug-likeness (QED) is 0.847. The summed E-state index contributed by atoms with van der Waals surface area (Å²) in [4.78, 5) is 15.5. The second-order valence-corrected chi connectivity index (χ2v) is 6.64. The highest BCUT2D eigenvalue weighted by Gasteiger charge is 2.29. The second-order valence-electron chi connectivity index (χ2n) is 6.64. The molecular formula is C20H26F2N4O. The first kappa shape index (κ1) is 19.3. The molecule has 1 N–H and O–H groups in total. The number of anilines is 2. The van der Waals surface area contributed by atoms with Crippen LogP contribution < -0.4 is 4.90 Å². The molecule has 2 aliphatic heterocycles. The predicted octanol–water partition coefficient (Wildman–Crippen LogP) is 4.36. The number of fused-ring (bicyclic) bond motifs is 2. The van der Waals surface area contributed by atoms with Crippen molar-refractivity contribution in [1.82, 2.24) is 15.1 Å². The number of carbonyl (C=O) groups excluding carboxylic acids is 1. The van der Waals surface area contributed by atoms with Crippen molar-refractivity contribution in [3.05, 3.63) is 40.6 Å². The zero-order chi connectivity index (χ0) is 19.6. The number of halogens is 2. The maximum atomic E-state index is 13.1. The third-order valence-electron chi connectivity index (χ3n) is 5.09. The lowest BCUT2D eigenvalue weighted by atomic mass is 9.98. The Hall–Kier alpha value is -2.44. The number of H-pyrrole nitrogens is 1. The number of aromatic nitrogens is 2. The van der Waals surface area contributed by atoms with E-state index in [2.05, 4.69) is 10.2 Å². The summed E-state index contributed by atoms with van der Waals surface area (Å²) in [6.07, 6.45) is 0.0655. The van der Waals surface area contributed by atoms with E-state index >= 15 is 0 Å². The minimum atomic E-state index is -2.49. The van der Waals surface area contributed by atoms with Crippen LogP contribution in [0.25, 0.3) is 0 Å². The zero-order valence-corrected chi connectivity index (χ0v) is 16.1. The van der Waals surface area contributed by atoms with Crippen LogP contribution >= 0.6 is 0 Å². The molecule has 27 heavy (non-hydrogen) atoms. The van der Waals surface area contributed by atoms with Crippen LogP contribution in [0.15, 0.2) is 18.2 Å².